The fourth-order valence-electron chi connectivity index (χ4n) is 3.45. The van der Waals surface area contributed by atoms with Gasteiger partial charge in [0.1, 0.15) is 0 Å². The molecule has 0 spiro atoms. The average molecular weight is 313 g/mol. The minimum absolute atomic E-state index is 0.192. The van der Waals surface area contributed by atoms with E-state index in [1.165, 1.54) is 11.1 Å². The van der Waals surface area contributed by atoms with Crippen LogP contribution in [0.4, 0.5) is 0 Å². The topological polar surface area (TPSA) is 20.3 Å². The van der Waals surface area contributed by atoms with Gasteiger partial charge in [0.25, 0.3) is 0 Å². The fraction of sp³-hybridized carbons (Fsp3) is 0.571. The molecule has 1 aliphatic carbocycles. The van der Waals surface area contributed by atoms with Crippen LogP contribution in [0.5, 0.6) is 0 Å². The van der Waals surface area contributed by atoms with E-state index in [1.54, 1.807) is 0 Å². The first-order valence-electron chi connectivity index (χ1n) is 8.85. The molecule has 2 rings (SSSR count). The van der Waals surface area contributed by atoms with E-state index in [0.29, 0.717) is 17.6 Å². The van der Waals surface area contributed by atoms with E-state index < -0.39 is 0 Å². The number of Topliss-reactive ketones (excluding diaryl/α,β-unsaturated/α-hetero) is 1. The van der Waals surface area contributed by atoms with E-state index in [2.05, 4.69) is 56.0 Å². The number of hydrogen-bond donors (Lipinski definition) is 0. The molecule has 0 heterocycles. The molecule has 0 saturated heterocycles. The maximum Gasteiger partial charge on any atom is 0.162 e. The molecule has 0 bridgehead atoms. The molecule has 1 fully saturated rings. The molecule has 2 unspecified atom stereocenters. The zero-order valence-corrected chi connectivity index (χ0v) is 15.3. The van der Waals surface area contributed by atoms with Gasteiger partial charge in [-0.2, -0.15) is 0 Å². The summed E-state index contributed by atoms with van der Waals surface area (Å²) in [4.78, 5) is 14.6. The summed E-state index contributed by atoms with van der Waals surface area (Å²) < 4.78 is 0. The van der Waals surface area contributed by atoms with E-state index in [9.17, 15) is 4.79 Å². The van der Waals surface area contributed by atoms with Crippen LogP contribution in [0, 0.1) is 11.8 Å². The molecule has 2 heteroatoms. The van der Waals surface area contributed by atoms with Gasteiger partial charge in [-0.05, 0) is 61.9 Å². The second kappa shape index (κ2) is 7.92. The Hall–Kier alpha value is -1.41. The molecule has 1 aromatic rings. The van der Waals surface area contributed by atoms with Crippen LogP contribution in [-0.2, 0) is 11.2 Å². The van der Waals surface area contributed by atoms with Crippen molar-refractivity contribution in [3.63, 3.8) is 0 Å². The molecule has 0 amide bonds. The molecule has 126 valence electrons. The summed E-state index contributed by atoms with van der Waals surface area (Å²) in [5, 5.41) is 0. The Bertz CT molecular complexity index is 554. The minimum atomic E-state index is 0.192. The van der Waals surface area contributed by atoms with Gasteiger partial charge < -0.3 is 4.90 Å². The van der Waals surface area contributed by atoms with Crippen molar-refractivity contribution in [1.29, 1.82) is 0 Å². The second-order valence-electron chi connectivity index (χ2n) is 7.68. The van der Waals surface area contributed by atoms with Crippen molar-refractivity contribution < 1.29 is 4.79 Å². The van der Waals surface area contributed by atoms with Crippen LogP contribution >= 0.6 is 0 Å². The van der Waals surface area contributed by atoms with Crippen LogP contribution in [0.3, 0.4) is 0 Å². The van der Waals surface area contributed by atoms with Gasteiger partial charge in [-0.3, -0.25) is 4.79 Å². The van der Waals surface area contributed by atoms with Crippen molar-refractivity contribution in [2.45, 2.75) is 46.0 Å². The van der Waals surface area contributed by atoms with Crippen molar-refractivity contribution in [3.05, 3.63) is 47.0 Å². The molecule has 1 aromatic carbocycles. The van der Waals surface area contributed by atoms with Crippen molar-refractivity contribution in [1.82, 2.24) is 4.90 Å². The Morgan fingerprint density at radius 3 is 2.39 bits per heavy atom. The van der Waals surface area contributed by atoms with Crippen LogP contribution in [0.2, 0.25) is 0 Å². The van der Waals surface area contributed by atoms with E-state index in [0.717, 1.165) is 31.4 Å². The first-order valence-corrected chi connectivity index (χ1v) is 8.85. The van der Waals surface area contributed by atoms with E-state index in [4.69, 9.17) is 0 Å². The molecular weight excluding hydrogens is 282 g/mol. The third kappa shape index (κ3) is 5.04. The first kappa shape index (κ1) is 17.9. The van der Waals surface area contributed by atoms with Crippen molar-refractivity contribution in [2.24, 2.45) is 11.8 Å². The highest BCUT2D eigenvalue weighted by Gasteiger charge is 2.29. The highest BCUT2D eigenvalue weighted by atomic mass is 16.1. The molecule has 0 aliphatic heterocycles. The van der Waals surface area contributed by atoms with Gasteiger partial charge in [0.2, 0.25) is 0 Å². The van der Waals surface area contributed by atoms with Gasteiger partial charge in [-0.25, -0.2) is 0 Å². The smallest absolute Gasteiger partial charge is 0.162 e. The summed E-state index contributed by atoms with van der Waals surface area (Å²) in [6.45, 7) is 7.55. The summed E-state index contributed by atoms with van der Waals surface area (Å²) in [5.41, 5.74) is 3.73. The lowest BCUT2D eigenvalue weighted by Gasteiger charge is -2.14. The third-order valence-electron chi connectivity index (χ3n) is 4.64. The molecule has 2 atom stereocenters. The van der Waals surface area contributed by atoms with E-state index >= 15 is 0 Å². The van der Waals surface area contributed by atoms with Gasteiger partial charge in [0.05, 0.1) is 0 Å². The molecular formula is C21H31NO. The van der Waals surface area contributed by atoms with Crippen LogP contribution in [0.25, 0.3) is 0 Å². The number of carbonyl (C=O) groups excluding carboxylic acids is 1. The summed E-state index contributed by atoms with van der Waals surface area (Å²) in [5.74, 6) is 1.55. The predicted octanol–water partition coefficient (Wildman–Crippen LogP) is 4.46. The fourth-order valence-corrected chi connectivity index (χ4v) is 3.45. The maximum atomic E-state index is 12.5. The van der Waals surface area contributed by atoms with Crippen LogP contribution in [0.1, 0.15) is 50.7 Å². The van der Waals surface area contributed by atoms with Gasteiger partial charge in [0, 0.05) is 12.5 Å². The highest BCUT2D eigenvalue weighted by molar-refractivity contribution is 5.99. The number of hydrogen-bond acceptors (Lipinski definition) is 2. The SMILES string of the molecule is CC(C)Cc1ccc(C(C)C=C2CCC(CN(C)C)C2=O)cc1. The Labute approximate surface area is 141 Å². The quantitative estimate of drug-likeness (QED) is 0.723. The van der Waals surface area contributed by atoms with Crippen LogP contribution < -0.4 is 0 Å². The lowest BCUT2D eigenvalue weighted by molar-refractivity contribution is -0.118. The molecule has 1 saturated carbocycles. The van der Waals surface area contributed by atoms with Crippen molar-refractivity contribution >= 4 is 5.78 Å². The number of nitrogens with zero attached hydrogens (tertiary/aromatic N) is 1. The largest absolute Gasteiger partial charge is 0.309 e. The normalized spacial score (nSPS) is 21.6. The monoisotopic (exact) mass is 313 g/mol. The minimum Gasteiger partial charge on any atom is -0.309 e. The molecule has 1 aliphatic rings. The average Bonchev–Trinajstić information content (AvgIpc) is 2.80. The Morgan fingerprint density at radius 2 is 1.83 bits per heavy atom. The van der Waals surface area contributed by atoms with Crippen LogP contribution in [-0.4, -0.2) is 31.3 Å². The Balaban J connectivity index is 2.03. The maximum absolute atomic E-state index is 12.5. The van der Waals surface area contributed by atoms with Gasteiger partial charge >= 0.3 is 0 Å². The lowest BCUT2D eigenvalue weighted by Crippen LogP contribution is -2.24. The zero-order valence-electron chi connectivity index (χ0n) is 15.3. The van der Waals surface area contributed by atoms with Gasteiger partial charge in [-0.1, -0.05) is 51.1 Å². The number of ketones is 1. The summed E-state index contributed by atoms with van der Waals surface area (Å²) in [6, 6.07) is 8.90. The molecule has 0 aromatic heterocycles. The Kier molecular flexibility index (Phi) is 6.17. The van der Waals surface area contributed by atoms with Gasteiger partial charge in [0.15, 0.2) is 5.78 Å². The first-order chi connectivity index (χ1) is 10.9. The summed E-state index contributed by atoms with van der Waals surface area (Å²) in [7, 11) is 4.08. The standard InChI is InChI=1S/C21H31NO/c1-15(2)12-17-6-8-18(9-7-17)16(3)13-19-10-11-20(21(19)23)14-22(4)5/h6-9,13,15-16,20H,10-12,14H2,1-5H3. The summed E-state index contributed by atoms with van der Waals surface area (Å²) >= 11 is 0. The highest BCUT2D eigenvalue weighted by Crippen LogP contribution is 2.30. The van der Waals surface area contributed by atoms with Gasteiger partial charge in [-0.15, -0.1) is 0 Å². The molecule has 0 radical (unpaired) electrons. The van der Waals surface area contributed by atoms with E-state index in [-0.39, 0.29) is 5.92 Å². The number of carbonyl (C=O) groups is 1. The van der Waals surface area contributed by atoms with Crippen molar-refractivity contribution in [3.8, 4) is 0 Å². The molecule has 0 N–H and O–H groups in total. The molecule has 23 heavy (non-hydrogen) atoms. The van der Waals surface area contributed by atoms with Crippen molar-refractivity contribution in [2.75, 3.05) is 20.6 Å². The predicted molar refractivity (Wildman–Crippen MR) is 97.8 cm³/mol. The number of rotatable bonds is 6. The number of allylic oxidation sites excluding steroid dienone is 2. The molecule has 2 nitrogen and oxygen atoms in total. The van der Waals surface area contributed by atoms with E-state index in [1.807, 2.05) is 14.1 Å². The Morgan fingerprint density at radius 1 is 1.17 bits per heavy atom. The third-order valence-corrected chi connectivity index (χ3v) is 4.64. The second-order valence-corrected chi connectivity index (χ2v) is 7.68. The number of benzene rings is 1. The summed E-state index contributed by atoms with van der Waals surface area (Å²) in [6.07, 6.45) is 5.26. The zero-order chi connectivity index (χ0) is 17.0. The lowest BCUT2D eigenvalue weighted by atomic mass is 9.94. The van der Waals surface area contributed by atoms with Crippen LogP contribution in [0.15, 0.2) is 35.9 Å².